The molecule has 0 atom stereocenters. The van der Waals surface area contributed by atoms with Crippen LogP contribution in [0, 0.1) is 6.92 Å². The highest BCUT2D eigenvalue weighted by atomic mass is 32.2. The minimum Gasteiger partial charge on any atom is -0.309 e. The summed E-state index contributed by atoms with van der Waals surface area (Å²) in [6, 6.07) is 0. The van der Waals surface area contributed by atoms with Crippen molar-refractivity contribution in [1.29, 1.82) is 0 Å². The number of thioether (sulfide) groups is 1. The average Bonchev–Trinajstić information content (AvgIpc) is 3.12. The lowest BCUT2D eigenvalue weighted by Crippen LogP contribution is -2.14. The van der Waals surface area contributed by atoms with E-state index in [9.17, 15) is 4.79 Å². The Kier molecular flexibility index (Phi) is 5.27. The van der Waals surface area contributed by atoms with Crippen LogP contribution in [0.15, 0.2) is 5.16 Å². The molecule has 0 aliphatic heterocycles. The van der Waals surface area contributed by atoms with Crippen molar-refractivity contribution in [3.8, 4) is 0 Å². The van der Waals surface area contributed by atoms with Gasteiger partial charge in [-0.15, -0.1) is 20.4 Å². The van der Waals surface area contributed by atoms with Crippen LogP contribution in [0.4, 0.5) is 5.13 Å². The summed E-state index contributed by atoms with van der Waals surface area (Å²) in [4.78, 5) is 12.0. The van der Waals surface area contributed by atoms with Crippen molar-refractivity contribution in [3.05, 3.63) is 10.8 Å². The van der Waals surface area contributed by atoms with Crippen molar-refractivity contribution in [2.45, 2.75) is 50.1 Å². The van der Waals surface area contributed by atoms with Gasteiger partial charge in [0.05, 0.1) is 5.75 Å². The zero-order chi connectivity index (χ0) is 16.2. The molecule has 23 heavy (non-hydrogen) atoms. The first-order valence-electron chi connectivity index (χ1n) is 7.75. The first-order valence-corrected chi connectivity index (χ1v) is 9.55. The van der Waals surface area contributed by atoms with Crippen molar-refractivity contribution < 1.29 is 4.79 Å². The average molecular weight is 352 g/mol. The number of aryl methyl sites for hydroxylation is 1. The quantitative estimate of drug-likeness (QED) is 0.833. The Bertz CT molecular complexity index is 677. The maximum Gasteiger partial charge on any atom is 0.236 e. The van der Waals surface area contributed by atoms with Gasteiger partial charge in [-0.2, -0.15) is 0 Å². The lowest BCUT2D eigenvalue weighted by Gasteiger charge is -2.20. The molecule has 124 valence electrons. The fraction of sp³-hybridized carbons (Fsp3) is 0.643. The van der Waals surface area contributed by atoms with Crippen molar-refractivity contribution in [2.75, 3.05) is 11.1 Å². The van der Waals surface area contributed by atoms with Crippen molar-refractivity contribution in [1.82, 2.24) is 25.0 Å². The third-order valence-electron chi connectivity index (χ3n) is 3.94. The molecule has 1 fully saturated rings. The number of aromatic nitrogens is 5. The smallest absolute Gasteiger partial charge is 0.236 e. The number of nitrogens with zero attached hydrogens (tertiary/aromatic N) is 5. The highest BCUT2D eigenvalue weighted by Gasteiger charge is 2.22. The number of hydrogen-bond donors (Lipinski definition) is 1. The number of carbonyl (C=O) groups is 1. The van der Waals surface area contributed by atoms with Crippen LogP contribution in [0.3, 0.4) is 0 Å². The van der Waals surface area contributed by atoms with E-state index in [-0.39, 0.29) is 11.7 Å². The summed E-state index contributed by atoms with van der Waals surface area (Å²) in [5.74, 6) is 1.74. The van der Waals surface area contributed by atoms with E-state index in [1.54, 1.807) is 0 Å². The van der Waals surface area contributed by atoms with Gasteiger partial charge in [0, 0.05) is 13.0 Å². The minimum absolute atomic E-state index is 0.103. The van der Waals surface area contributed by atoms with E-state index in [0.29, 0.717) is 11.0 Å². The fourth-order valence-corrected chi connectivity index (χ4v) is 4.13. The zero-order valence-electron chi connectivity index (χ0n) is 13.3. The fourth-order valence-electron chi connectivity index (χ4n) is 2.80. The van der Waals surface area contributed by atoms with E-state index in [1.165, 1.54) is 55.2 Å². The highest BCUT2D eigenvalue weighted by molar-refractivity contribution is 7.99. The molecule has 2 aromatic rings. The summed E-state index contributed by atoms with van der Waals surface area (Å²) < 4.78 is 2.03. The van der Waals surface area contributed by atoms with Gasteiger partial charge in [0.1, 0.15) is 10.8 Å². The van der Waals surface area contributed by atoms with Crippen molar-refractivity contribution in [2.24, 2.45) is 7.05 Å². The topological polar surface area (TPSA) is 85.6 Å². The largest absolute Gasteiger partial charge is 0.309 e. The van der Waals surface area contributed by atoms with E-state index < -0.39 is 0 Å². The predicted octanol–water partition coefficient (Wildman–Crippen LogP) is 2.75. The summed E-state index contributed by atoms with van der Waals surface area (Å²) in [6.45, 7) is 1.86. The summed E-state index contributed by atoms with van der Waals surface area (Å²) in [6.07, 6.45) is 6.23. The number of amides is 1. The van der Waals surface area contributed by atoms with Crippen molar-refractivity contribution in [3.63, 3.8) is 0 Å². The van der Waals surface area contributed by atoms with Crippen LogP contribution in [-0.2, 0) is 11.8 Å². The van der Waals surface area contributed by atoms with Crippen LogP contribution < -0.4 is 5.32 Å². The summed E-state index contributed by atoms with van der Waals surface area (Å²) >= 11 is 2.77. The van der Waals surface area contributed by atoms with Gasteiger partial charge in [-0.25, -0.2) is 0 Å². The molecule has 0 spiro atoms. The van der Waals surface area contributed by atoms with E-state index in [1.807, 2.05) is 18.5 Å². The molecule has 0 radical (unpaired) electrons. The monoisotopic (exact) mass is 352 g/mol. The van der Waals surface area contributed by atoms with Crippen LogP contribution in [0.25, 0.3) is 0 Å². The normalized spacial score (nSPS) is 15.7. The second-order valence-electron chi connectivity index (χ2n) is 5.70. The number of anilines is 1. The molecule has 0 saturated heterocycles. The lowest BCUT2D eigenvalue weighted by atomic mass is 9.89. The van der Waals surface area contributed by atoms with Gasteiger partial charge in [0.25, 0.3) is 0 Å². The summed E-state index contributed by atoms with van der Waals surface area (Å²) in [7, 11) is 1.98. The van der Waals surface area contributed by atoms with E-state index in [2.05, 4.69) is 25.7 Å². The molecule has 1 aliphatic carbocycles. The van der Waals surface area contributed by atoms with Gasteiger partial charge in [-0.05, 0) is 19.8 Å². The molecule has 3 rings (SSSR count). The number of carbonyl (C=O) groups excluding carboxylic acids is 1. The third-order valence-corrected chi connectivity index (χ3v) is 5.72. The Hall–Kier alpha value is -1.48. The van der Waals surface area contributed by atoms with Gasteiger partial charge >= 0.3 is 0 Å². The number of nitrogens with one attached hydrogen (secondary N) is 1. The maximum atomic E-state index is 12.0. The molecule has 2 aromatic heterocycles. The molecule has 1 saturated carbocycles. The van der Waals surface area contributed by atoms with Crippen molar-refractivity contribution >= 4 is 34.1 Å². The third kappa shape index (κ3) is 4.08. The Labute approximate surface area is 143 Å². The van der Waals surface area contributed by atoms with Gasteiger partial charge in [-0.1, -0.05) is 42.4 Å². The van der Waals surface area contributed by atoms with E-state index in [4.69, 9.17) is 0 Å². The Morgan fingerprint density at radius 2 is 2.04 bits per heavy atom. The first-order chi connectivity index (χ1) is 11.1. The van der Waals surface area contributed by atoms with Crippen LogP contribution >= 0.6 is 23.1 Å². The van der Waals surface area contributed by atoms with Crippen LogP contribution in [0.2, 0.25) is 0 Å². The maximum absolute atomic E-state index is 12.0. The second-order valence-corrected chi connectivity index (χ2v) is 7.82. The molecule has 7 nitrogen and oxygen atoms in total. The van der Waals surface area contributed by atoms with Crippen LogP contribution in [0.1, 0.15) is 48.9 Å². The molecule has 9 heteroatoms. The Morgan fingerprint density at radius 1 is 1.26 bits per heavy atom. The molecule has 0 aromatic carbocycles. The molecule has 0 unspecified atom stereocenters. The molecule has 1 amide bonds. The van der Waals surface area contributed by atoms with E-state index >= 15 is 0 Å². The van der Waals surface area contributed by atoms with Crippen LogP contribution in [0.5, 0.6) is 0 Å². The second kappa shape index (κ2) is 7.39. The minimum atomic E-state index is -0.103. The van der Waals surface area contributed by atoms with Gasteiger partial charge in [0.2, 0.25) is 11.0 Å². The Morgan fingerprint density at radius 3 is 2.74 bits per heavy atom. The number of hydrogen-bond acceptors (Lipinski definition) is 7. The standard InChI is InChI=1S/C14H20N6OS2/c1-9-16-18-13(23-9)15-11(21)8-22-14-19-17-12(20(14)2)10-6-4-3-5-7-10/h10H,3-8H2,1-2H3,(H,15,18,21). The molecule has 1 N–H and O–H groups in total. The van der Waals surface area contributed by atoms with E-state index in [0.717, 1.165) is 16.0 Å². The summed E-state index contributed by atoms with van der Waals surface area (Å²) in [5.41, 5.74) is 0. The molecule has 2 heterocycles. The molecule has 0 bridgehead atoms. The molecule has 1 aliphatic rings. The molecular formula is C14H20N6OS2. The highest BCUT2D eigenvalue weighted by Crippen LogP contribution is 2.32. The van der Waals surface area contributed by atoms with Gasteiger partial charge in [0.15, 0.2) is 5.16 Å². The molecular weight excluding hydrogens is 332 g/mol. The first kappa shape index (κ1) is 16.4. The van der Waals surface area contributed by atoms with Crippen LogP contribution in [-0.4, -0.2) is 36.6 Å². The summed E-state index contributed by atoms with van der Waals surface area (Å²) in [5, 5.41) is 21.3. The Balaban J connectivity index is 1.55. The van der Waals surface area contributed by atoms with Gasteiger partial charge < -0.3 is 4.57 Å². The lowest BCUT2D eigenvalue weighted by molar-refractivity contribution is -0.113. The predicted molar refractivity (Wildman–Crippen MR) is 90.8 cm³/mol. The zero-order valence-corrected chi connectivity index (χ0v) is 14.9. The SMILES string of the molecule is Cc1nnc(NC(=O)CSc2nnc(C3CCCCC3)n2C)s1. The van der Waals surface area contributed by atoms with Gasteiger partial charge in [-0.3, -0.25) is 10.1 Å². The number of rotatable bonds is 5.